The maximum Gasteiger partial charge on any atom is 0.360 e. The van der Waals surface area contributed by atoms with Gasteiger partial charge in [0.05, 0.1) is 11.0 Å². The zero-order chi connectivity index (χ0) is 22.3. The van der Waals surface area contributed by atoms with Gasteiger partial charge < -0.3 is 9.67 Å². The molecule has 174 valence electrons. The molecule has 0 spiro atoms. The van der Waals surface area contributed by atoms with Crippen LogP contribution < -0.4 is 5.56 Å². The molecule has 5 fully saturated rings. The predicted molar refractivity (Wildman–Crippen MR) is 125 cm³/mol. The van der Waals surface area contributed by atoms with Crippen molar-refractivity contribution in [3.8, 4) is 0 Å². The van der Waals surface area contributed by atoms with Gasteiger partial charge in [-0.1, -0.05) is 31.4 Å². The molecular formula is C27H33N3O3. The SMILES string of the molecule is O=C(O)c1nc2ccccc2n(C2CC3CC[C@@]4([C@H]5C[C@@H]6CCC[C@@H](C6)C5)CC(C2)N34)c1=O. The van der Waals surface area contributed by atoms with Gasteiger partial charge in [-0.05, 0) is 81.3 Å². The van der Waals surface area contributed by atoms with Crippen molar-refractivity contribution in [3.05, 3.63) is 40.3 Å². The number of aromatic carboxylic acids is 1. The number of fused-ring (bicyclic) bond motifs is 3. The Morgan fingerprint density at radius 1 is 0.970 bits per heavy atom. The van der Waals surface area contributed by atoms with E-state index in [1.165, 1.54) is 57.8 Å². The van der Waals surface area contributed by atoms with E-state index in [-0.39, 0.29) is 11.7 Å². The Hall–Kier alpha value is -2.21. The third-order valence-corrected chi connectivity index (χ3v) is 10.1. The fraction of sp³-hybridized carbons (Fsp3) is 0.667. The third kappa shape index (κ3) is 2.85. The molecule has 4 heterocycles. The molecule has 0 radical (unpaired) electrons. The van der Waals surface area contributed by atoms with Crippen LogP contribution in [-0.4, -0.2) is 43.1 Å². The van der Waals surface area contributed by atoms with Crippen molar-refractivity contribution in [3.63, 3.8) is 0 Å². The normalized spacial score (nSPS) is 39.8. The molecule has 7 rings (SSSR count). The first-order valence-corrected chi connectivity index (χ1v) is 13.1. The van der Waals surface area contributed by atoms with Crippen LogP contribution in [0.2, 0.25) is 0 Å². The fourth-order valence-corrected chi connectivity index (χ4v) is 9.08. The number of benzene rings is 1. The first kappa shape index (κ1) is 20.2. The van der Waals surface area contributed by atoms with E-state index in [1.54, 1.807) is 4.57 Å². The molecule has 6 heteroatoms. The van der Waals surface area contributed by atoms with Gasteiger partial charge in [-0.25, -0.2) is 9.78 Å². The Bertz CT molecular complexity index is 1180. The van der Waals surface area contributed by atoms with Crippen molar-refractivity contribution < 1.29 is 9.90 Å². The molecule has 3 unspecified atom stereocenters. The second kappa shape index (κ2) is 7.14. The minimum absolute atomic E-state index is 0.0524. The lowest BCUT2D eigenvalue weighted by Crippen LogP contribution is -2.70. The van der Waals surface area contributed by atoms with E-state index in [0.29, 0.717) is 23.1 Å². The maximum absolute atomic E-state index is 13.3. The second-order valence-corrected chi connectivity index (χ2v) is 11.7. The van der Waals surface area contributed by atoms with Crippen LogP contribution in [0.5, 0.6) is 0 Å². The highest BCUT2D eigenvalue weighted by molar-refractivity contribution is 5.88. The quantitative estimate of drug-likeness (QED) is 0.743. The summed E-state index contributed by atoms with van der Waals surface area (Å²) in [7, 11) is 0. The number of para-hydroxylation sites is 2. The summed E-state index contributed by atoms with van der Waals surface area (Å²) >= 11 is 0. The number of carboxylic acids is 1. The minimum Gasteiger partial charge on any atom is -0.476 e. The minimum atomic E-state index is -1.23. The number of carbonyl (C=O) groups is 1. The number of hydrogen-bond donors (Lipinski definition) is 1. The number of hydrogen-bond acceptors (Lipinski definition) is 4. The Labute approximate surface area is 194 Å². The molecule has 2 bridgehead atoms. The van der Waals surface area contributed by atoms with E-state index in [9.17, 15) is 14.7 Å². The van der Waals surface area contributed by atoms with Gasteiger partial charge in [0.15, 0.2) is 0 Å². The predicted octanol–water partition coefficient (Wildman–Crippen LogP) is 4.62. The second-order valence-electron chi connectivity index (χ2n) is 11.7. The molecule has 2 saturated carbocycles. The van der Waals surface area contributed by atoms with E-state index >= 15 is 0 Å². The summed E-state index contributed by atoms with van der Waals surface area (Å²) in [5, 5.41) is 9.62. The summed E-state index contributed by atoms with van der Waals surface area (Å²) in [6.07, 6.45) is 14.4. The highest BCUT2D eigenvalue weighted by atomic mass is 16.4. The van der Waals surface area contributed by atoms with Crippen LogP contribution in [0, 0.1) is 17.8 Å². The molecule has 3 saturated heterocycles. The van der Waals surface area contributed by atoms with Crippen molar-refractivity contribution in [2.24, 2.45) is 17.8 Å². The number of aromatic nitrogens is 2. The van der Waals surface area contributed by atoms with Crippen LogP contribution in [0.1, 0.15) is 87.2 Å². The highest BCUT2D eigenvalue weighted by Crippen LogP contribution is 2.62. The van der Waals surface area contributed by atoms with Crippen molar-refractivity contribution in [2.75, 3.05) is 0 Å². The molecule has 0 amide bonds. The van der Waals surface area contributed by atoms with Crippen molar-refractivity contribution in [1.29, 1.82) is 0 Å². The van der Waals surface area contributed by atoms with Crippen LogP contribution in [0.3, 0.4) is 0 Å². The average molecular weight is 448 g/mol. The molecular weight excluding hydrogens is 414 g/mol. The number of carboxylic acid groups (broad SMARTS) is 1. The standard InChI is InChI=1S/C27H33N3O3/c31-25-24(26(32)33)28-22-6-1-2-7-23(22)29(25)20-13-19-8-9-27(15-21(14-20)30(19)27)18-11-16-4-3-5-17(10-16)12-18/h1-2,6-7,16-21H,3-5,8-15H2,(H,32,33)/t16-,17+,18+,19?,20?,21?,27-/m0/s1. The molecule has 33 heavy (non-hydrogen) atoms. The molecule has 1 N–H and O–H groups in total. The van der Waals surface area contributed by atoms with Crippen molar-refractivity contribution in [2.45, 2.75) is 94.3 Å². The van der Waals surface area contributed by atoms with Crippen LogP contribution in [-0.2, 0) is 0 Å². The summed E-state index contributed by atoms with van der Waals surface area (Å²) in [6, 6.07) is 8.62. The fourth-order valence-electron chi connectivity index (χ4n) is 9.08. The summed E-state index contributed by atoms with van der Waals surface area (Å²) < 4.78 is 1.78. The van der Waals surface area contributed by atoms with Crippen LogP contribution in [0.4, 0.5) is 0 Å². The number of rotatable bonds is 3. The largest absolute Gasteiger partial charge is 0.476 e. The zero-order valence-electron chi connectivity index (χ0n) is 19.2. The lowest BCUT2D eigenvalue weighted by atomic mass is 9.57. The Kier molecular flexibility index (Phi) is 4.37. The topological polar surface area (TPSA) is 75.4 Å². The van der Waals surface area contributed by atoms with E-state index in [1.807, 2.05) is 24.3 Å². The first-order chi connectivity index (χ1) is 16.0. The van der Waals surface area contributed by atoms with Crippen LogP contribution in [0.15, 0.2) is 29.1 Å². The molecule has 1 aromatic carbocycles. The van der Waals surface area contributed by atoms with Crippen LogP contribution >= 0.6 is 0 Å². The molecule has 2 aliphatic carbocycles. The van der Waals surface area contributed by atoms with Gasteiger partial charge in [-0.2, -0.15) is 0 Å². The molecule has 7 atom stereocenters. The highest BCUT2D eigenvalue weighted by Gasteiger charge is 2.64. The van der Waals surface area contributed by atoms with Gasteiger partial charge in [-0.15, -0.1) is 0 Å². The van der Waals surface area contributed by atoms with Gasteiger partial charge in [0, 0.05) is 23.7 Å². The summed E-state index contributed by atoms with van der Waals surface area (Å²) in [5.74, 6) is 1.55. The van der Waals surface area contributed by atoms with Gasteiger partial charge >= 0.3 is 5.97 Å². The Morgan fingerprint density at radius 3 is 2.52 bits per heavy atom. The zero-order valence-corrected chi connectivity index (χ0v) is 19.2. The van der Waals surface area contributed by atoms with Crippen molar-refractivity contribution >= 4 is 17.0 Å². The first-order valence-electron chi connectivity index (χ1n) is 13.1. The monoisotopic (exact) mass is 447 g/mol. The van der Waals surface area contributed by atoms with Gasteiger partial charge in [0.2, 0.25) is 5.69 Å². The molecule has 1 aromatic heterocycles. The van der Waals surface area contributed by atoms with Crippen molar-refractivity contribution in [1.82, 2.24) is 14.5 Å². The Morgan fingerprint density at radius 2 is 1.73 bits per heavy atom. The smallest absolute Gasteiger partial charge is 0.360 e. The summed E-state index contributed by atoms with van der Waals surface area (Å²) in [4.78, 5) is 32.1. The van der Waals surface area contributed by atoms with Crippen LogP contribution in [0.25, 0.3) is 11.0 Å². The maximum atomic E-state index is 13.3. The van der Waals surface area contributed by atoms with Gasteiger partial charge in [-0.3, -0.25) is 9.69 Å². The summed E-state index contributed by atoms with van der Waals surface area (Å²) in [5.41, 5.74) is 1.00. The van der Waals surface area contributed by atoms with E-state index in [4.69, 9.17) is 0 Å². The molecule has 2 aromatic rings. The summed E-state index contributed by atoms with van der Waals surface area (Å²) in [6.45, 7) is 0. The van der Waals surface area contributed by atoms with Gasteiger partial charge in [0.25, 0.3) is 5.56 Å². The third-order valence-electron chi connectivity index (χ3n) is 10.1. The lowest BCUT2D eigenvalue weighted by Gasteiger charge is -2.65. The van der Waals surface area contributed by atoms with Gasteiger partial charge in [0.1, 0.15) is 0 Å². The lowest BCUT2D eigenvalue weighted by molar-refractivity contribution is -0.145. The molecule has 5 aliphatic rings. The van der Waals surface area contributed by atoms with E-state index in [0.717, 1.165) is 36.1 Å². The molecule has 6 nitrogen and oxygen atoms in total. The Balaban J connectivity index is 1.21. The number of piperidine rings is 1. The van der Waals surface area contributed by atoms with E-state index < -0.39 is 11.5 Å². The average Bonchev–Trinajstić information content (AvgIpc) is 3.13. The number of nitrogens with zero attached hydrogens (tertiary/aromatic N) is 3. The molecule has 3 aliphatic heterocycles. The van der Waals surface area contributed by atoms with E-state index in [2.05, 4.69) is 9.88 Å².